The minimum Gasteiger partial charge on any atom is -0.480 e. The number of rotatable bonds is 4. The Morgan fingerprint density at radius 1 is 1.04 bits per heavy atom. The lowest BCUT2D eigenvalue weighted by Gasteiger charge is -2.11. The molecule has 0 bridgehead atoms. The fraction of sp³-hybridized carbons (Fsp3) is 0.235. The molecule has 0 aliphatic heterocycles. The van der Waals surface area contributed by atoms with Gasteiger partial charge in [0.25, 0.3) is 0 Å². The molecule has 0 aliphatic carbocycles. The normalized spacial score (nSPS) is 12.6. The third-order valence-electron chi connectivity index (χ3n) is 3.10. The van der Waals surface area contributed by atoms with Crippen LogP contribution in [-0.4, -0.2) is 17.1 Å². The van der Waals surface area contributed by atoms with Gasteiger partial charge in [-0.2, -0.15) is 0 Å². The molecule has 0 unspecified atom stereocenters. The van der Waals surface area contributed by atoms with Crippen LogP contribution in [0.15, 0.2) is 42.5 Å². The Hall–Kier alpha value is -2.54. The Balaban J connectivity index is 0.000000272. The van der Waals surface area contributed by atoms with E-state index in [1.54, 1.807) is 0 Å². The van der Waals surface area contributed by atoms with Gasteiger partial charge >= 0.3 is 5.97 Å². The van der Waals surface area contributed by atoms with E-state index >= 15 is 0 Å². The topological polar surface area (TPSA) is 75.3 Å². The maximum absolute atomic E-state index is 13.0. The van der Waals surface area contributed by atoms with E-state index in [1.807, 2.05) is 37.3 Å². The molecule has 2 rings (SSSR count). The van der Waals surface area contributed by atoms with Crippen LogP contribution in [0.25, 0.3) is 0 Å². The second-order valence-corrected chi connectivity index (χ2v) is 5.13. The fourth-order valence-corrected chi connectivity index (χ4v) is 1.69. The molecule has 4 N–H and O–H groups in total. The molecular weight excluding hydrogens is 321 g/mol. The molecule has 0 aliphatic rings. The van der Waals surface area contributed by atoms with Crippen LogP contribution >= 0.6 is 0 Å². The van der Waals surface area contributed by atoms with Crippen molar-refractivity contribution in [2.75, 3.05) is 5.32 Å². The highest BCUT2D eigenvalue weighted by atomic mass is 19.2. The molecule has 0 aromatic heterocycles. The zero-order chi connectivity index (χ0) is 18.3. The van der Waals surface area contributed by atoms with Gasteiger partial charge in [-0.15, -0.1) is 0 Å². The highest BCUT2D eigenvalue weighted by Gasteiger charge is 2.17. The summed E-state index contributed by atoms with van der Waals surface area (Å²) in [6.45, 7) is 3.23. The summed E-state index contributed by atoms with van der Waals surface area (Å²) in [5.74, 6) is -5.60. The van der Waals surface area contributed by atoms with Gasteiger partial charge in [-0.1, -0.05) is 30.3 Å². The summed E-state index contributed by atoms with van der Waals surface area (Å²) in [5, 5.41) is 10.7. The summed E-state index contributed by atoms with van der Waals surface area (Å²) in [4.78, 5) is 10.4. The first-order valence-corrected chi connectivity index (χ1v) is 7.17. The second-order valence-electron chi connectivity index (χ2n) is 5.13. The van der Waals surface area contributed by atoms with Crippen LogP contribution in [0.3, 0.4) is 0 Å². The third-order valence-corrected chi connectivity index (χ3v) is 3.10. The van der Waals surface area contributed by atoms with Crippen LogP contribution in [0, 0.1) is 17.5 Å². The van der Waals surface area contributed by atoms with Crippen molar-refractivity contribution in [2.24, 2.45) is 5.73 Å². The molecule has 24 heavy (non-hydrogen) atoms. The lowest BCUT2D eigenvalue weighted by molar-refractivity contribution is -0.137. The minimum absolute atomic E-state index is 0.159. The standard InChI is InChI=1S/C9H8F3NO2.C8H11N/c1-4(9(14)15)13-6-3-2-5(10)7(11)8(6)12;1-7(9)8-5-3-2-4-6-8/h2-4,13H,1H3,(H,14,15);2-7H,9H2,1H3/t4-;7-/m00/s1. The fourth-order valence-electron chi connectivity index (χ4n) is 1.69. The van der Waals surface area contributed by atoms with E-state index in [0.29, 0.717) is 0 Å². The van der Waals surface area contributed by atoms with Crippen molar-refractivity contribution in [1.82, 2.24) is 0 Å². The number of hydrogen-bond donors (Lipinski definition) is 3. The highest BCUT2D eigenvalue weighted by Crippen LogP contribution is 2.20. The average molecular weight is 340 g/mol. The molecule has 0 heterocycles. The lowest BCUT2D eigenvalue weighted by atomic mass is 10.1. The van der Waals surface area contributed by atoms with E-state index in [2.05, 4.69) is 5.32 Å². The van der Waals surface area contributed by atoms with Gasteiger partial charge in [-0.25, -0.2) is 13.2 Å². The van der Waals surface area contributed by atoms with Crippen molar-refractivity contribution in [3.8, 4) is 0 Å². The highest BCUT2D eigenvalue weighted by molar-refractivity contribution is 5.76. The van der Waals surface area contributed by atoms with Gasteiger partial charge in [-0.3, -0.25) is 4.79 Å². The zero-order valence-corrected chi connectivity index (χ0v) is 13.3. The van der Waals surface area contributed by atoms with Crippen molar-refractivity contribution in [1.29, 1.82) is 0 Å². The molecule has 2 atom stereocenters. The molecule has 0 fully saturated rings. The maximum Gasteiger partial charge on any atom is 0.325 e. The van der Waals surface area contributed by atoms with E-state index in [9.17, 15) is 18.0 Å². The van der Waals surface area contributed by atoms with Crippen molar-refractivity contribution in [2.45, 2.75) is 25.9 Å². The van der Waals surface area contributed by atoms with Gasteiger partial charge in [0.05, 0.1) is 5.69 Å². The molecule has 0 spiro atoms. The molecule has 0 radical (unpaired) electrons. The number of halogens is 3. The first-order chi connectivity index (χ1) is 11.2. The molecule has 7 heteroatoms. The van der Waals surface area contributed by atoms with Gasteiger partial charge in [0.15, 0.2) is 17.5 Å². The van der Waals surface area contributed by atoms with E-state index in [-0.39, 0.29) is 11.7 Å². The lowest BCUT2D eigenvalue weighted by Crippen LogP contribution is -2.26. The van der Waals surface area contributed by atoms with Crippen LogP contribution in [0.5, 0.6) is 0 Å². The summed E-state index contributed by atoms with van der Waals surface area (Å²) in [5.41, 5.74) is 6.42. The van der Waals surface area contributed by atoms with Crippen LogP contribution in [0.2, 0.25) is 0 Å². The summed E-state index contributed by atoms with van der Waals surface area (Å²) < 4.78 is 38.2. The zero-order valence-electron chi connectivity index (χ0n) is 13.3. The van der Waals surface area contributed by atoms with Gasteiger partial charge in [-0.05, 0) is 31.5 Å². The van der Waals surface area contributed by atoms with E-state index < -0.39 is 29.5 Å². The number of anilines is 1. The number of hydrogen-bond acceptors (Lipinski definition) is 3. The molecule has 0 amide bonds. The van der Waals surface area contributed by atoms with E-state index in [4.69, 9.17) is 10.8 Å². The predicted octanol–water partition coefficient (Wildman–Crippen LogP) is 3.70. The second kappa shape index (κ2) is 8.93. The van der Waals surface area contributed by atoms with E-state index in [1.165, 1.54) is 12.5 Å². The van der Waals surface area contributed by atoms with Crippen LogP contribution in [-0.2, 0) is 4.79 Å². The first-order valence-electron chi connectivity index (χ1n) is 7.17. The Labute approximate surface area is 138 Å². The SMILES string of the molecule is C[C@H](N)c1ccccc1.C[C@H](Nc1ccc(F)c(F)c1F)C(=O)O. The first kappa shape index (κ1) is 19.5. The molecule has 2 aromatic carbocycles. The number of benzene rings is 2. The van der Waals surface area contributed by atoms with Gasteiger partial charge in [0.1, 0.15) is 6.04 Å². The van der Waals surface area contributed by atoms with Crippen LogP contribution < -0.4 is 11.1 Å². The number of nitrogens with two attached hydrogens (primary N) is 1. The maximum atomic E-state index is 13.0. The molecular formula is C17H19F3N2O2. The summed E-state index contributed by atoms with van der Waals surface area (Å²) >= 11 is 0. The number of nitrogens with one attached hydrogen (secondary N) is 1. The molecule has 0 saturated carbocycles. The smallest absolute Gasteiger partial charge is 0.325 e. The van der Waals surface area contributed by atoms with Crippen molar-refractivity contribution in [3.63, 3.8) is 0 Å². The minimum atomic E-state index is -1.63. The molecule has 130 valence electrons. The quantitative estimate of drug-likeness (QED) is 0.742. The van der Waals surface area contributed by atoms with E-state index in [0.717, 1.165) is 12.1 Å². The molecule has 4 nitrogen and oxygen atoms in total. The summed E-state index contributed by atoms with van der Waals surface area (Å²) in [7, 11) is 0. The Morgan fingerprint density at radius 3 is 2.08 bits per heavy atom. The largest absolute Gasteiger partial charge is 0.480 e. The number of carboxylic acid groups (broad SMARTS) is 1. The Kier molecular flexibility index (Phi) is 7.26. The van der Waals surface area contributed by atoms with Gasteiger partial charge < -0.3 is 16.2 Å². The van der Waals surface area contributed by atoms with Gasteiger partial charge in [0, 0.05) is 6.04 Å². The monoisotopic (exact) mass is 340 g/mol. The average Bonchev–Trinajstić information content (AvgIpc) is 2.56. The molecule has 2 aromatic rings. The summed E-state index contributed by atoms with van der Waals surface area (Å²) in [6, 6.07) is 10.8. The number of carboxylic acids is 1. The van der Waals surface area contributed by atoms with Crippen molar-refractivity contribution < 1.29 is 23.1 Å². The van der Waals surface area contributed by atoms with Crippen LogP contribution in [0.1, 0.15) is 25.5 Å². The molecule has 0 saturated heterocycles. The Bertz CT molecular complexity index is 679. The number of aliphatic carboxylic acids is 1. The van der Waals surface area contributed by atoms with Crippen molar-refractivity contribution >= 4 is 11.7 Å². The number of carbonyl (C=O) groups is 1. The third kappa shape index (κ3) is 5.58. The summed E-state index contributed by atoms with van der Waals surface area (Å²) in [6.07, 6.45) is 0. The predicted molar refractivity (Wildman–Crippen MR) is 86.1 cm³/mol. The van der Waals surface area contributed by atoms with Crippen molar-refractivity contribution in [3.05, 3.63) is 65.5 Å². The Morgan fingerprint density at radius 2 is 1.62 bits per heavy atom. The van der Waals surface area contributed by atoms with Crippen LogP contribution in [0.4, 0.5) is 18.9 Å². The van der Waals surface area contributed by atoms with Gasteiger partial charge in [0.2, 0.25) is 0 Å².